The zero-order chi connectivity index (χ0) is 12.6. The standard InChI is InChI=1S/C12H19NO4/c1-12(2,3)17-11(15)13-9-7-5-4-6-8(9)16-10(7)14/h7-9H,4-6H2,1-3H3,(H,13,15)/t7-,8-,9-/m1/s1. The molecule has 5 nitrogen and oxygen atoms in total. The molecule has 0 aromatic rings. The predicted molar refractivity (Wildman–Crippen MR) is 60.4 cm³/mol. The normalized spacial score (nSPS) is 31.9. The first-order valence-electron chi connectivity index (χ1n) is 6.07. The van der Waals surface area contributed by atoms with E-state index in [1.807, 2.05) is 20.8 Å². The molecule has 1 saturated carbocycles. The molecule has 2 aliphatic rings. The Kier molecular flexibility index (Phi) is 3.02. The summed E-state index contributed by atoms with van der Waals surface area (Å²) in [6, 6.07) is -0.217. The SMILES string of the molecule is CC(C)(C)OC(=O)N[C@H]1[C@H]2CCC[C@H]1C(=O)O2. The highest BCUT2D eigenvalue weighted by molar-refractivity contribution is 5.78. The third-order valence-electron chi connectivity index (χ3n) is 3.09. The number of carbonyl (C=O) groups excluding carboxylic acids is 2. The third kappa shape index (κ3) is 2.70. The molecule has 5 heteroatoms. The molecule has 1 N–H and O–H groups in total. The van der Waals surface area contributed by atoms with E-state index >= 15 is 0 Å². The number of ether oxygens (including phenoxy) is 2. The summed E-state index contributed by atoms with van der Waals surface area (Å²) in [5.74, 6) is -0.380. The maximum Gasteiger partial charge on any atom is 0.408 e. The van der Waals surface area contributed by atoms with Crippen LogP contribution in [0.4, 0.5) is 4.79 Å². The van der Waals surface area contributed by atoms with Gasteiger partial charge in [0.1, 0.15) is 11.7 Å². The number of rotatable bonds is 1. The van der Waals surface area contributed by atoms with E-state index in [0.29, 0.717) is 0 Å². The molecule has 1 aliphatic heterocycles. The van der Waals surface area contributed by atoms with Crippen LogP contribution in [0, 0.1) is 5.92 Å². The molecule has 3 atom stereocenters. The number of esters is 1. The molecule has 96 valence electrons. The molecule has 2 fully saturated rings. The minimum absolute atomic E-state index is 0.172. The van der Waals surface area contributed by atoms with Gasteiger partial charge in [0, 0.05) is 0 Å². The van der Waals surface area contributed by atoms with Gasteiger partial charge in [0.25, 0.3) is 0 Å². The first kappa shape index (κ1) is 12.2. The van der Waals surface area contributed by atoms with Crippen molar-refractivity contribution in [3.63, 3.8) is 0 Å². The monoisotopic (exact) mass is 241 g/mol. The predicted octanol–water partition coefficient (Wildman–Crippen LogP) is 1.61. The lowest BCUT2D eigenvalue weighted by Gasteiger charge is -2.28. The van der Waals surface area contributed by atoms with Crippen LogP contribution in [-0.2, 0) is 14.3 Å². The highest BCUT2D eigenvalue weighted by atomic mass is 16.6. The van der Waals surface area contributed by atoms with Crippen molar-refractivity contribution in [3.05, 3.63) is 0 Å². The zero-order valence-electron chi connectivity index (χ0n) is 10.5. The number of hydrogen-bond acceptors (Lipinski definition) is 4. The number of amides is 1. The molecule has 0 aromatic heterocycles. The van der Waals surface area contributed by atoms with Crippen LogP contribution in [0.3, 0.4) is 0 Å². The summed E-state index contributed by atoms with van der Waals surface area (Å²) in [5, 5.41) is 2.76. The summed E-state index contributed by atoms with van der Waals surface area (Å²) in [5.41, 5.74) is -0.525. The highest BCUT2D eigenvalue weighted by Crippen LogP contribution is 2.34. The number of alkyl carbamates (subject to hydrolysis) is 1. The third-order valence-corrected chi connectivity index (χ3v) is 3.09. The number of nitrogens with one attached hydrogen (secondary N) is 1. The van der Waals surface area contributed by atoms with Gasteiger partial charge < -0.3 is 14.8 Å². The molecule has 1 aliphatic carbocycles. The lowest BCUT2D eigenvalue weighted by atomic mass is 9.85. The molecular formula is C12H19NO4. The van der Waals surface area contributed by atoms with Crippen molar-refractivity contribution in [2.24, 2.45) is 5.92 Å². The van der Waals surface area contributed by atoms with E-state index in [4.69, 9.17) is 9.47 Å². The van der Waals surface area contributed by atoms with Gasteiger partial charge in [0.05, 0.1) is 12.0 Å². The number of carbonyl (C=O) groups is 2. The topological polar surface area (TPSA) is 64.6 Å². The Bertz CT molecular complexity index is 334. The van der Waals surface area contributed by atoms with Crippen LogP contribution in [-0.4, -0.2) is 29.8 Å². The average molecular weight is 241 g/mol. The molecular weight excluding hydrogens is 222 g/mol. The summed E-state index contributed by atoms with van der Waals surface area (Å²) < 4.78 is 10.4. The summed E-state index contributed by atoms with van der Waals surface area (Å²) in [4.78, 5) is 23.2. The van der Waals surface area contributed by atoms with E-state index in [0.717, 1.165) is 19.3 Å². The summed E-state index contributed by atoms with van der Waals surface area (Å²) in [6.07, 6.45) is 1.94. The van der Waals surface area contributed by atoms with Gasteiger partial charge >= 0.3 is 12.1 Å². The van der Waals surface area contributed by atoms with Crippen molar-refractivity contribution < 1.29 is 19.1 Å². The summed E-state index contributed by atoms with van der Waals surface area (Å²) in [7, 11) is 0. The first-order valence-corrected chi connectivity index (χ1v) is 6.07. The molecule has 1 saturated heterocycles. The lowest BCUT2D eigenvalue weighted by molar-refractivity contribution is -0.143. The molecule has 0 radical (unpaired) electrons. The maximum absolute atomic E-state index is 11.7. The smallest absolute Gasteiger partial charge is 0.408 e. The van der Waals surface area contributed by atoms with E-state index < -0.39 is 11.7 Å². The van der Waals surface area contributed by atoms with Gasteiger partial charge in [-0.05, 0) is 40.0 Å². The Morgan fingerprint density at radius 3 is 2.71 bits per heavy atom. The van der Waals surface area contributed by atoms with Crippen LogP contribution in [0.5, 0.6) is 0 Å². The molecule has 0 spiro atoms. The van der Waals surface area contributed by atoms with E-state index in [1.54, 1.807) is 0 Å². The van der Waals surface area contributed by atoms with Gasteiger partial charge in [-0.1, -0.05) is 0 Å². The fourth-order valence-electron chi connectivity index (χ4n) is 2.43. The number of hydrogen-bond donors (Lipinski definition) is 1. The van der Waals surface area contributed by atoms with E-state index in [1.165, 1.54) is 0 Å². The Balaban J connectivity index is 1.95. The van der Waals surface area contributed by atoms with Crippen molar-refractivity contribution in [2.75, 3.05) is 0 Å². The molecule has 17 heavy (non-hydrogen) atoms. The van der Waals surface area contributed by atoms with Crippen molar-refractivity contribution >= 4 is 12.1 Å². The van der Waals surface area contributed by atoms with Crippen LogP contribution in [0.15, 0.2) is 0 Å². The molecule has 0 unspecified atom stereocenters. The van der Waals surface area contributed by atoms with Crippen molar-refractivity contribution in [1.82, 2.24) is 5.32 Å². The fourth-order valence-corrected chi connectivity index (χ4v) is 2.43. The quantitative estimate of drug-likeness (QED) is 0.708. The Hall–Kier alpha value is -1.26. The van der Waals surface area contributed by atoms with Gasteiger partial charge in [0.15, 0.2) is 0 Å². The molecule has 2 bridgehead atoms. The highest BCUT2D eigenvalue weighted by Gasteiger charge is 2.48. The average Bonchev–Trinajstić information content (AvgIpc) is 2.36. The van der Waals surface area contributed by atoms with Crippen LogP contribution in [0.25, 0.3) is 0 Å². The van der Waals surface area contributed by atoms with Gasteiger partial charge in [-0.25, -0.2) is 4.79 Å². The van der Waals surface area contributed by atoms with Crippen LogP contribution >= 0.6 is 0 Å². The van der Waals surface area contributed by atoms with E-state index in [9.17, 15) is 9.59 Å². The van der Waals surface area contributed by atoms with Gasteiger partial charge in [-0.2, -0.15) is 0 Å². The Morgan fingerprint density at radius 1 is 1.41 bits per heavy atom. The van der Waals surface area contributed by atoms with E-state index in [-0.39, 0.29) is 24.0 Å². The van der Waals surface area contributed by atoms with Gasteiger partial charge in [0.2, 0.25) is 0 Å². The van der Waals surface area contributed by atoms with Crippen molar-refractivity contribution in [3.8, 4) is 0 Å². The Morgan fingerprint density at radius 2 is 2.12 bits per heavy atom. The van der Waals surface area contributed by atoms with Crippen LogP contribution < -0.4 is 5.32 Å². The van der Waals surface area contributed by atoms with Crippen molar-refractivity contribution in [2.45, 2.75) is 57.8 Å². The zero-order valence-corrected chi connectivity index (χ0v) is 10.5. The van der Waals surface area contributed by atoms with E-state index in [2.05, 4.69) is 5.32 Å². The first-order chi connectivity index (χ1) is 7.87. The lowest BCUT2D eigenvalue weighted by Crippen LogP contribution is -2.48. The van der Waals surface area contributed by atoms with Crippen LogP contribution in [0.1, 0.15) is 40.0 Å². The number of fused-ring (bicyclic) bond motifs is 2. The minimum Gasteiger partial charge on any atom is -0.460 e. The fraction of sp³-hybridized carbons (Fsp3) is 0.833. The van der Waals surface area contributed by atoms with Crippen molar-refractivity contribution in [1.29, 1.82) is 0 Å². The largest absolute Gasteiger partial charge is 0.460 e. The second-order valence-corrected chi connectivity index (χ2v) is 5.68. The summed E-state index contributed by atoms with van der Waals surface area (Å²) >= 11 is 0. The summed E-state index contributed by atoms with van der Waals surface area (Å²) in [6.45, 7) is 5.43. The molecule has 1 amide bonds. The maximum atomic E-state index is 11.7. The second-order valence-electron chi connectivity index (χ2n) is 5.68. The Labute approximate surface area is 101 Å². The molecule has 1 heterocycles. The van der Waals surface area contributed by atoms with Crippen LogP contribution in [0.2, 0.25) is 0 Å². The molecule has 0 aromatic carbocycles. The minimum atomic E-state index is -0.525. The van der Waals surface area contributed by atoms with Gasteiger partial charge in [-0.15, -0.1) is 0 Å². The second kappa shape index (κ2) is 4.20. The molecule has 2 rings (SSSR count). The van der Waals surface area contributed by atoms with Gasteiger partial charge in [-0.3, -0.25) is 4.79 Å².